The normalized spacial score (nSPS) is 10.1. The van der Waals surface area contributed by atoms with Crippen molar-refractivity contribution in [2.45, 2.75) is 13.0 Å². The van der Waals surface area contributed by atoms with Crippen molar-refractivity contribution in [2.75, 3.05) is 11.9 Å². The van der Waals surface area contributed by atoms with Crippen molar-refractivity contribution in [3.8, 4) is 12.3 Å². The minimum absolute atomic E-state index is 0.0860. The van der Waals surface area contributed by atoms with Gasteiger partial charge in [-0.1, -0.05) is 29.7 Å². The van der Waals surface area contributed by atoms with Crippen LogP contribution in [0.3, 0.4) is 0 Å². The molecule has 6 heteroatoms. The van der Waals surface area contributed by atoms with Gasteiger partial charge in [-0.3, -0.25) is 4.79 Å². The molecule has 0 amide bonds. The molecule has 21 heavy (non-hydrogen) atoms. The molecule has 0 unspecified atom stereocenters. The molecule has 108 valence electrons. The number of hydrogen-bond donors (Lipinski definition) is 1. The molecule has 0 spiro atoms. The van der Waals surface area contributed by atoms with Crippen LogP contribution in [0.4, 0.5) is 10.1 Å². The van der Waals surface area contributed by atoms with Gasteiger partial charge in [0.2, 0.25) is 0 Å². The summed E-state index contributed by atoms with van der Waals surface area (Å²) in [5, 5.41) is 7.07. The van der Waals surface area contributed by atoms with Gasteiger partial charge >= 0.3 is 0 Å². The lowest BCUT2D eigenvalue weighted by Gasteiger charge is -2.09. The summed E-state index contributed by atoms with van der Waals surface area (Å²) < 4.78 is 14.0. The minimum Gasteiger partial charge on any atom is -0.379 e. The van der Waals surface area contributed by atoms with Crippen molar-refractivity contribution in [3.63, 3.8) is 0 Å². The van der Waals surface area contributed by atoms with E-state index >= 15 is 0 Å². The smallest absolute Gasteiger partial charge is 0.292 e. The first-order valence-electron chi connectivity index (χ1n) is 6.29. The van der Waals surface area contributed by atoms with Crippen LogP contribution in [0.5, 0.6) is 0 Å². The number of terminal acetylenes is 1. The van der Waals surface area contributed by atoms with Crippen molar-refractivity contribution in [1.82, 2.24) is 9.78 Å². The monoisotopic (exact) mass is 305 g/mol. The number of nitrogens with zero attached hydrogens (tertiary/aromatic N) is 2. The Kier molecular flexibility index (Phi) is 4.96. The van der Waals surface area contributed by atoms with E-state index in [9.17, 15) is 9.18 Å². The Morgan fingerprint density at radius 2 is 2.10 bits per heavy atom. The molecule has 2 rings (SSSR count). The summed E-state index contributed by atoms with van der Waals surface area (Å²) in [6.07, 6.45) is 7.18. The minimum atomic E-state index is -0.362. The van der Waals surface area contributed by atoms with E-state index in [2.05, 4.69) is 16.3 Å². The molecule has 0 saturated heterocycles. The Morgan fingerprint density at radius 1 is 1.38 bits per heavy atom. The fraction of sp³-hybridized carbons (Fsp3) is 0.200. The van der Waals surface area contributed by atoms with E-state index in [0.29, 0.717) is 13.0 Å². The van der Waals surface area contributed by atoms with Crippen molar-refractivity contribution in [1.29, 1.82) is 0 Å². The van der Waals surface area contributed by atoms with E-state index in [4.69, 9.17) is 18.0 Å². The summed E-state index contributed by atoms with van der Waals surface area (Å²) >= 11 is 5.96. The van der Waals surface area contributed by atoms with Gasteiger partial charge in [-0.15, -0.1) is 6.42 Å². The molecular formula is C15H13ClFN3O. The maximum Gasteiger partial charge on any atom is 0.292 e. The molecule has 0 atom stereocenters. The first kappa shape index (κ1) is 15.1. The molecule has 2 aromatic rings. The van der Waals surface area contributed by atoms with Gasteiger partial charge < -0.3 is 5.32 Å². The molecule has 0 aliphatic carbocycles. The number of rotatable bonds is 5. The standard InChI is InChI=1S/C15H13ClFN3O/c1-2-9-20-15(21)14(13(16)10-19-20)18-8-7-11-3-5-12(17)6-4-11/h1,3-6,10,18H,7-9H2. The zero-order valence-electron chi connectivity index (χ0n) is 11.1. The Hall–Kier alpha value is -2.32. The van der Waals surface area contributed by atoms with Gasteiger partial charge in [0, 0.05) is 6.54 Å². The Balaban J connectivity index is 2.06. The van der Waals surface area contributed by atoms with E-state index < -0.39 is 0 Å². The number of nitrogens with one attached hydrogen (secondary N) is 1. The highest BCUT2D eigenvalue weighted by Crippen LogP contribution is 2.15. The van der Waals surface area contributed by atoms with Crippen LogP contribution in [0.15, 0.2) is 35.3 Å². The van der Waals surface area contributed by atoms with Crippen LogP contribution >= 0.6 is 11.6 Å². The zero-order chi connectivity index (χ0) is 15.2. The molecule has 1 aromatic heterocycles. The fourth-order valence-corrected chi connectivity index (χ4v) is 2.00. The summed E-state index contributed by atoms with van der Waals surface area (Å²) in [7, 11) is 0. The highest BCUT2D eigenvalue weighted by atomic mass is 35.5. The van der Waals surface area contributed by atoms with Crippen LogP contribution in [-0.4, -0.2) is 16.3 Å². The quantitative estimate of drug-likeness (QED) is 0.863. The first-order valence-corrected chi connectivity index (χ1v) is 6.67. The van der Waals surface area contributed by atoms with Crippen molar-refractivity contribution >= 4 is 17.3 Å². The Bertz CT molecular complexity index is 719. The first-order chi connectivity index (χ1) is 10.1. The molecule has 1 aromatic carbocycles. The number of hydrogen-bond acceptors (Lipinski definition) is 3. The van der Waals surface area contributed by atoms with Crippen LogP contribution < -0.4 is 10.9 Å². The van der Waals surface area contributed by atoms with E-state index in [-0.39, 0.29) is 28.6 Å². The number of benzene rings is 1. The number of halogens is 2. The van der Waals surface area contributed by atoms with E-state index in [1.807, 2.05) is 0 Å². The van der Waals surface area contributed by atoms with Crippen LogP contribution in [0.2, 0.25) is 5.02 Å². The highest BCUT2D eigenvalue weighted by molar-refractivity contribution is 6.32. The third kappa shape index (κ3) is 3.83. The van der Waals surface area contributed by atoms with Gasteiger partial charge in [-0.25, -0.2) is 9.07 Å². The lowest BCUT2D eigenvalue weighted by molar-refractivity contribution is 0.627. The topological polar surface area (TPSA) is 46.9 Å². The van der Waals surface area contributed by atoms with Gasteiger partial charge in [0.1, 0.15) is 18.0 Å². The molecule has 1 heterocycles. The summed E-state index contributed by atoms with van der Waals surface area (Å²) in [5.41, 5.74) is 0.863. The molecule has 0 bridgehead atoms. The molecule has 0 radical (unpaired) electrons. The van der Waals surface area contributed by atoms with Crippen molar-refractivity contribution in [3.05, 3.63) is 57.2 Å². The third-order valence-electron chi connectivity index (χ3n) is 2.87. The summed E-state index contributed by atoms with van der Waals surface area (Å²) in [6, 6.07) is 6.19. The van der Waals surface area contributed by atoms with Gasteiger partial charge in [0.25, 0.3) is 5.56 Å². The lowest BCUT2D eigenvalue weighted by Crippen LogP contribution is -2.26. The molecule has 0 aliphatic rings. The summed E-state index contributed by atoms with van der Waals surface area (Å²) in [6.45, 7) is 0.573. The van der Waals surface area contributed by atoms with Crippen molar-refractivity contribution < 1.29 is 4.39 Å². The van der Waals surface area contributed by atoms with Gasteiger partial charge in [0.05, 0.1) is 11.2 Å². The predicted molar refractivity (Wildman–Crippen MR) is 80.9 cm³/mol. The maximum absolute atomic E-state index is 12.8. The fourth-order valence-electron chi connectivity index (χ4n) is 1.81. The van der Waals surface area contributed by atoms with Crippen LogP contribution in [0, 0.1) is 18.2 Å². The second kappa shape index (κ2) is 6.91. The Labute approximate surface area is 126 Å². The molecular weight excluding hydrogens is 293 g/mol. The predicted octanol–water partition coefficient (Wildman–Crippen LogP) is 2.32. The maximum atomic E-state index is 12.8. The van der Waals surface area contributed by atoms with Crippen LogP contribution in [0.25, 0.3) is 0 Å². The second-order valence-electron chi connectivity index (χ2n) is 4.34. The number of aromatic nitrogens is 2. The summed E-state index contributed by atoms with van der Waals surface area (Å²) in [4.78, 5) is 12.1. The summed E-state index contributed by atoms with van der Waals surface area (Å²) in [5.74, 6) is 2.08. The molecule has 0 aliphatic heterocycles. The molecule has 0 saturated carbocycles. The van der Waals surface area contributed by atoms with Crippen LogP contribution in [-0.2, 0) is 13.0 Å². The lowest BCUT2D eigenvalue weighted by atomic mass is 10.1. The van der Waals surface area contributed by atoms with E-state index in [1.54, 1.807) is 12.1 Å². The molecule has 4 nitrogen and oxygen atoms in total. The van der Waals surface area contributed by atoms with Gasteiger partial charge in [-0.05, 0) is 24.1 Å². The third-order valence-corrected chi connectivity index (χ3v) is 3.15. The second-order valence-corrected chi connectivity index (χ2v) is 4.74. The van der Waals surface area contributed by atoms with Crippen LogP contribution in [0.1, 0.15) is 5.56 Å². The largest absolute Gasteiger partial charge is 0.379 e. The van der Waals surface area contributed by atoms with Crippen molar-refractivity contribution in [2.24, 2.45) is 0 Å². The van der Waals surface area contributed by atoms with Gasteiger partial charge in [0.15, 0.2) is 0 Å². The Morgan fingerprint density at radius 3 is 2.76 bits per heavy atom. The van der Waals surface area contributed by atoms with Gasteiger partial charge in [-0.2, -0.15) is 5.10 Å². The average Bonchev–Trinajstić information content (AvgIpc) is 2.48. The average molecular weight is 306 g/mol. The zero-order valence-corrected chi connectivity index (χ0v) is 11.9. The van der Waals surface area contributed by atoms with E-state index in [1.165, 1.54) is 18.3 Å². The molecule has 0 fully saturated rings. The number of anilines is 1. The van der Waals surface area contributed by atoms with E-state index in [0.717, 1.165) is 10.2 Å². The molecule has 1 N–H and O–H groups in total. The SMILES string of the molecule is C#CCn1ncc(Cl)c(NCCc2ccc(F)cc2)c1=O. The highest BCUT2D eigenvalue weighted by Gasteiger charge is 2.08.